The quantitative estimate of drug-likeness (QED) is 0.834. The first kappa shape index (κ1) is 17.8. The number of carbonyl (C=O) groups excluding carboxylic acids is 2. The summed E-state index contributed by atoms with van der Waals surface area (Å²) in [5.74, 6) is -0.569. The van der Waals surface area contributed by atoms with E-state index >= 15 is 0 Å². The Morgan fingerprint density at radius 3 is 2.58 bits per heavy atom. The zero-order chi connectivity index (χ0) is 17.7. The number of benzene rings is 2. The minimum Gasteiger partial charge on any atom is -0.495 e. The first-order valence-electron chi connectivity index (χ1n) is 7.32. The van der Waals surface area contributed by atoms with Gasteiger partial charge in [0, 0.05) is 5.02 Å². The number of methoxy groups -OCH3 is 1. The molecule has 0 saturated carbocycles. The lowest BCUT2D eigenvalue weighted by molar-refractivity contribution is -0.123. The van der Waals surface area contributed by atoms with Crippen LogP contribution in [-0.4, -0.2) is 25.1 Å². The smallest absolute Gasteiger partial charge is 0.338 e. The van der Waals surface area contributed by atoms with Crippen LogP contribution in [0.4, 0.5) is 5.69 Å². The van der Waals surface area contributed by atoms with Crippen LogP contribution in [0.2, 0.25) is 5.02 Å². The van der Waals surface area contributed by atoms with Crippen LogP contribution in [0, 0.1) is 6.92 Å². The second kappa shape index (κ2) is 7.84. The third kappa shape index (κ3) is 4.49. The molecule has 0 saturated heterocycles. The Labute approximate surface area is 145 Å². The molecule has 0 aliphatic carbocycles. The summed E-state index contributed by atoms with van der Waals surface area (Å²) in [5, 5.41) is 3.10. The number of carbonyl (C=O) groups is 2. The normalized spacial score (nSPS) is 11.5. The average Bonchev–Trinajstić information content (AvgIpc) is 2.55. The van der Waals surface area contributed by atoms with Crippen molar-refractivity contribution in [2.24, 2.45) is 0 Å². The van der Waals surface area contributed by atoms with E-state index in [9.17, 15) is 9.59 Å². The molecule has 2 aromatic rings. The van der Waals surface area contributed by atoms with Crippen molar-refractivity contribution in [2.75, 3.05) is 12.4 Å². The lowest BCUT2D eigenvalue weighted by Gasteiger charge is -2.15. The maximum absolute atomic E-state index is 12.2. The number of esters is 1. The fraction of sp³-hybridized carbons (Fsp3) is 0.222. The maximum atomic E-state index is 12.2. The number of nitrogens with one attached hydrogen (secondary N) is 1. The van der Waals surface area contributed by atoms with Crippen LogP contribution >= 0.6 is 11.6 Å². The van der Waals surface area contributed by atoms with Crippen molar-refractivity contribution < 1.29 is 19.1 Å². The van der Waals surface area contributed by atoms with Gasteiger partial charge in [-0.2, -0.15) is 0 Å². The third-order valence-corrected chi connectivity index (χ3v) is 3.56. The molecule has 24 heavy (non-hydrogen) atoms. The van der Waals surface area contributed by atoms with Crippen LogP contribution in [0.25, 0.3) is 0 Å². The van der Waals surface area contributed by atoms with Gasteiger partial charge in [-0.25, -0.2) is 4.79 Å². The Bertz CT molecular complexity index is 760. The SMILES string of the molecule is COc1ccc(Cl)cc1NC(=O)C(C)OC(=O)c1cccc(C)c1. The molecular formula is C18H18ClNO4. The monoisotopic (exact) mass is 347 g/mol. The van der Waals surface area contributed by atoms with Gasteiger partial charge in [-0.3, -0.25) is 4.79 Å². The molecule has 1 unspecified atom stereocenters. The Kier molecular flexibility index (Phi) is 5.82. The van der Waals surface area contributed by atoms with Crippen molar-refractivity contribution >= 4 is 29.2 Å². The van der Waals surface area contributed by atoms with Gasteiger partial charge in [-0.15, -0.1) is 0 Å². The topological polar surface area (TPSA) is 64.6 Å². The Balaban J connectivity index is 2.05. The molecule has 5 nitrogen and oxygen atoms in total. The fourth-order valence-electron chi connectivity index (χ4n) is 2.07. The molecule has 0 radical (unpaired) electrons. The predicted molar refractivity (Wildman–Crippen MR) is 92.7 cm³/mol. The van der Waals surface area contributed by atoms with Crippen molar-refractivity contribution in [3.05, 3.63) is 58.6 Å². The number of hydrogen-bond acceptors (Lipinski definition) is 4. The first-order chi connectivity index (χ1) is 11.4. The Hall–Kier alpha value is -2.53. The summed E-state index contributed by atoms with van der Waals surface area (Å²) >= 11 is 5.92. The highest BCUT2D eigenvalue weighted by atomic mass is 35.5. The van der Waals surface area contributed by atoms with Gasteiger partial charge in [-0.1, -0.05) is 29.3 Å². The van der Waals surface area contributed by atoms with E-state index in [0.717, 1.165) is 5.56 Å². The Morgan fingerprint density at radius 1 is 1.17 bits per heavy atom. The lowest BCUT2D eigenvalue weighted by Crippen LogP contribution is -2.30. The second-order valence-electron chi connectivity index (χ2n) is 5.25. The average molecular weight is 348 g/mol. The van der Waals surface area contributed by atoms with Gasteiger partial charge < -0.3 is 14.8 Å². The van der Waals surface area contributed by atoms with Crippen molar-refractivity contribution in [3.8, 4) is 5.75 Å². The molecule has 0 aromatic heterocycles. The van der Waals surface area contributed by atoms with Crippen LogP contribution < -0.4 is 10.1 Å². The molecule has 0 fully saturated rings. The van der Waals surface area contributed by atoms with Gasteiger partial charge in [0.05, 0.1) is 18.4 Å². The van der Waals surface area contributed by atoms with E-state index in [4.69, 9.17) is 21.1 Å². The minimum absolute atomic E-state index is 0.398. The van der Waals surface area contributed by atoms with Gasteiger partial charge in [0.2, 0.25) is 0 Å². The number of halogens is 1. The molecule has 1 N–H and O–H groups in total. The van der Waals surface area contributed by atoms with Crippen LogP contribution in [0.5, 0.6) is 5.75 Å². The lowest BCUT2D eigenvalue weighted by atomic mass is 10.1. The third-order valence-electron chi connectivity index (χ3n) is 3.33. The summed E-state index contributed by atoms with van der Waals surface area (Å²) in [7, 11) is 1.49. The van der Waals surface area contributed by atoms with Gasteiger partial charge >= 0.3 is 5.97 Å². The van der Waals surface area contributed by atoms with Gasteiger partial charge in [0.15, 0.2) is 6.10 Å². The predicted octanol–water partition coefficient (Wildman–Crippen LogP) is 3.84. The number of anilines is 1. The van der Waals surface area contributed by atoms with Crippen LogP contribution in [-0.2, 0) is 9.53 Å². The highest BCUT2D eigenvalue weighted by Crippen LogP contribution is 2.27. The highest BCUT2D eigenvalue weighted by Gasteiger charge is 2.20. The summed E-state index contributed by atoms with van der Waals surface area (Å²) < 4.78 is 10.4. The molecule has 0 spiro atoms. The van der Waals surface area contributed by atoms with Crippen molar-refractivity contribution in [3.63, 3.8) is 0 Å². The molecule has 0 heterocycles. The van der Waals surface area contributed by atoms with Crippen LogP contribution in [0.15, 0.2) is 42.5 Å². The molecule has 126 valence electrons. The van der Waals surface area contributed by atoms with E-state index in [2.05, 4.69) is 5.32 Å². The van der Waals surface area contributed by atoms with E-state index in [1.165, 1.54) is 14.0 Å². The maximum Gasteiger partial charge on any atom is 0.338 e. The van der Waals surface area contributed by atoms with Crippen molar-refractivity contribution in [2.45, 2.75) is 20.0 Å². The first-order valence-corrected chi connectivity index (χ1v) is 7.70. The number of rotatable bonds is 5. The second-order valence-corrected chi connectivity index (χ2v) is 5.69. The molecule has 1 atom stereocenters. The molecule has 0 bridgehead atoms. The summed E-state index contributed by atoms with van der Waals surface area (Å²) in [6.07, 6.45) is -0.971. The summed E-state index contributed by atoms with van der Waals surface area (Å²) in [5.41, 5.74) is 1.74. The van der Waals surface area contributed by atoms with E-state index < -0.39 is 18.0 Å². The number of ether oxygens (including phenoxy) is 2. The van der Waals surface area contributed by atoms with Gasteiger partial charge in [0.1, 0.15) is 5.75 Å². The van der Waals surface area contributed by atoms with Crippen LogP contribution in [0.3, 0.4) is 0 Å². The standard InChI is InChI=1S/C18H18ClNO4/c1-11-5-4-6-13(9-11)18(22)24-12(2)17(21)20-15-10-14(19)7-8-16(15)23-3/h4-10,12H,1-3H3,(H,20,21). The van der Waals surface area contributed by atoms with E-state index in [1.54, 1.807) is 36.4 Å². The molecule has 0 aliphatic rings. The van der Waals surface area contributed by atoms with E-state index in [1.807, 2.05) is 13.0 Å². The Morgan fingerprint density at radius 2 is 1.92 bits per heavy atom. The molecule has 2 aromatic carbocycles. The zero-order valence-electron chi connectivity index (χ0n) is 13.6. The van der Waals surface area contributed by atoms with Gasteiger partial charge in [0.25, 0.3) is 5.91 Å². The van der Waals surface area contributed by atoms with Crippen molar-refractivity contribution in [1.29, 1.82) is 0 Å². The summed E-state index contributed by atoms with van der Waals surface area (Å²) in [6.45, 7) is 3.37. The molecule has 1 amide bonds. The zero-order valence-corrected chi connectivity index (χ0v) is 14.4. The van der Waals surface area contributed by atoms with Gasteiger partial charge in [-0.05, 0) is 44.2 Å². The fourth-order valence-corrected chi connectivity index (χ4v) is 2.24. The molecule has 6 heteroatoms. The number of hydrogen-bond donors (Lipinski definition) is 1. The van der Waals surface area contributed by atoms with E-state index in [-0.39, 0.29) is 0 Å². The number of aryl methyl sites for hydroxylation is 1. The summed E-state index contributed by atoms with van der Waals surface area (Å²) in [6, 6.07) is 11.8. The largest absolute Gasteiger partial charge is 0.495 e. The van der Waals surface area contributed by atoms with Crippen molar-refractivity contribution in [1.82, 2.24) is 0 Å². The molecule has 2 rings (SSSR count). The summed E-state index contributed by atoms with van der Waals surface area (Å²) in [4.78, 5) is 24.3. The minimum atomic E-state index is -0.971. The highest BCUT2D eigenvalue weighted by molar-refractivity contribution is 6.31. The molecule has 0 aliphatic heterocycles. The van der Waals surface area contributed by atoms with Crippen LogP contribution in [0.1, 0.15) is 22.8 Å². The molecular weight excluding hydrogens is 330 g/mol. The van der Waals surface area contributed by atoms with E-state index in [0.29, 0.717) is 22.0 Å². The number of amides is 1.